The first-order valence-electron chi connectivity index (χ1n) is 8.44. The minimum Gasteiger partial charge on any atom is -0.490 e. The van der Waals surface area contributed by atoms with Crippen LogP contribution < -0.4 is 15.8 Å². The van der Waals surface area contributed by atoms with Crippen molar-refractivity contribution in [2.75, 3.05) is 18.5 Å². The number of rotatable bonds is 7. The fourth-order valence-electron chi connectivity index (χ4n) is 2.63. The summed E-state index contributed by atoms with van der Waals surface area (Å²) in [4.78, 5) is 22.9. The number of hydrogen-bond donors (Lipinski definition) is 2. The first-order chi connectivity index (χ1) is 12.4. The highest BCUT2D eigenvalue weighted by Crippen LogP contribution is 2.23. The molecule has 0 aliphatic carbocycles. The molecule has 0 spiro atoms. The zero-order valence-electron chi connectivity index (χ0n) is 15.2. The van der Waals surface area contributed by atoms with Crippen LogP contribution in [0.1, 0.15) is 41.3 Å². The number of carbonyl (C=O) groups is 2. The van der Waals surface area contributed by atoms with Gasteiger partial charge in [-0.1, -0.05) is 26.0 Å². The van der Waals surface area contributed by atoms with Gasteiger partial charge in [-0.2, -0.15) is 0 Å². The van der Waals surface area contributed by atoms with Crippen LogP contribution in [0.2, 0.25) is 0 Å². The lowest BCUT2D eigenvalue weighted by Gasteiger charge is -2.12. The fraction of sp³-hybridized carbons (Fsp3) is 0.300. The van der Waals surface area contributed by atoms with Gasteiger partial charge in [0.25, 0.3) is 0 Å². The van der Waals surface area contributed by atoms with E-state index >= 15 is 0 Å². The summed E-state index contributed by atoms with van der Waals surface area (Å²) in [5, 5.41) is 2.41. The predicted molar refractivity (Wildman–Crippen MR) is 101 cm³/mol. The van der Waals surface area contributed by atoms with Gasteiger partial charge in [0, 0.05) is 5.69 Å². The molecular formula is C20H24N2O4. The molecule has 0 atom stereocenters. The lowest BCUT2D eigenvalue weighted by Crippen LogP contribution is -2.19. The Morgan fingerprint density at radius 3 is 2.54 bits per heavy atom. The maximum Gasteiger partial charge on any atom is 0.338 e. The van der Waals surface area contributed by atoms with E-state index in [1.165, 1.54) is 17.2 Å². The molecule has 0 saturated carbocycles. The van der Waals surface area contributed by atoms with Crippen LogP contribution in [0, 0.1) is 6.92 Å². The SMILES string of the molecule is Cc1cc(OCCOC(=O)c2cccc(NC(N)=O)c2)ccc1C(C)C. The molecule has 2 rings (SSSR count). The van der Waals surface area contributed by atoms with E-state index in [1.807, 2.05) is 12.1 Å². The van der Waals surface area contributed by atoms with E-state index < -0.39 is 12.0 Å². The summed E-state index contributed by atoms with van der Waals surface area (Å²) in [5.41, 5.74) is 8.28. The van der Waals surface area contributed by atoms with Crippen LogP contribution in [0.15, 0.2) is 42.5 Å². The van der Waals surface area contributed by atoms with Crippen LogP contribution in [0.3, 0.4) is 0 Å². The lowest BCUT2D eigenvalue weighted by molar-refractivity contribution is 0.0450. The molecule has 0 radical (unpaired) electrons. The molecule has 0 unspecified atom stereocenters. The molecule has 26 heavy (non-hydrogen) atoms. The van der Waals surface area contributed by atoms with Gasteiger partial charge in [-0.05, 0) is 54.3 Å². The molecule has 0 aliphatic rings. The summed E-state index contributed by atoms with van der Waals surface area (Å²) in [7, 11) is 0. The van der Waals surface area contributed by atoms with Gasteiger partial charge in [0.15, 0.2) is 0 Å². The third-order valence-electron chi connectivity index (χ3n) is 3.81. The van der Waals surface area contributed by atoms with Crippen molar-refractivity contribution in [1.29, 1.82) is 0 Å². The van der Waals surface area contributed by atoms with Crippen molar-refractivity contribution in [3.05, 3.63) is 59.2 Å². The Bertz CT molecular complexity index is 787. The van der Waals surface area contributed by atoms with E-state index in [-0.39, 0.29) is 13.2 Å². The topological polar surface area (TPSA) is 90.7 Å². The van der Waals surface area contributed by atoms with Crippen LogP contribution in [0.4, 0.5) is 10.5 Å². The van der Waals surface area contributed by atoms with Gasteiger partial charge in [0.05, 0.1) is 5.56 Å². The van der Waals surface area contributed by atoms with E-state index in [2.05, 4.69) is 32.2 Å². The van der Waals surface area contributed by atoms with Crippen molar-refractivity contribution in [2.45, 2.75) is 26.7 Å². The molecular weight excluding hydrogens is 332 g/mol. The van der Waals surface area contributed by atoms with Crippen molar-refractivity contribution >= 4 is 17.7 Å². The molecule has 0 bridgehead atoms. The third kappa shape index (κ3) is 5.51. The van der Waals surface area contributed by atoms with Gasteiger partial charge in [-0.25, -0.2) is 9.59 Å². The molecule has 0 fully saturated rings. The molecule has 0 saturated heterocycles. The van der Waals surface area contributed by atoms with Gasteiger partial charge in [-0.3, -0.25) is 0 Å². The molecule has 0 aliphatic heterocycles. The van der Waals surface area contributed by atoms with Crippen molar-refractivity contribution in [1.82, 2.24) is 0 Å². The fourth-order valence-corrected chi connectivity index (χ4v) is 2.63. The molecule has 2 aromatic carbocycles. The molecule has 6 heteroatoms. The van der Waals surface area contributed by atoms with Crippen LogP contribution in [0.25, 0.3) is 0 Å². The largest absolute Gasteiger partial charge is 0.490 e. The summed E-state index contributed by atoms with van der Waals surface area (Å²) in [5.74, 6) is 0.716. The normalized spacial score (nSPS) is 10.5. The summed E-state index contributed by atoms with van der Waals surface area (Å²) in [6.45, 7) is 6.73. The van der Waals surface area contributed by atoms with Gasteiger partial charge in [0.2, 0.25) is 0 Å². The zero-order valence-corrected chi connectivity index (χ0v) is 15.2. The minimum atomic E-state index is -0.692. The smallest absolute Gasteiger partial charge is 0.338 e. The van der Waals surface area contributed by atoms with Gasteiger partial charge < -0.3 is 20.5 Å². The van der Waals surface area contributed by atoms with Crippen molar-refractivity contribution in [2.24, 2.45) is 5.73 Å². The first-order valence-corrected chi connectivity index (χ1v) is 8.44. The molecule has 0 aromatic heterocycles. The zero-order chi connectivity index (χ0) is 19.1. The maximum absolute atomic E-state index is 12.0. The lowest BCUT2D eigenvalue weighted by atomic mass is 9.98. The highest BCUT2D eigenvalue weighted by Gasteiger charge is 2.09. The van der Waals surface area contributed by atoms with E-state index in [1.54, 1.807) is 18.2 Å². The molecule has 0 heterocycles. The standard InChI is InChI=1S/C20H24N2O4/c1-13(2)18-8-7-17(11-14(18)3)25-9-10-26-19(23)15-5-4-6-16(12-15)22-20(21)24/h4-8,11-13H,9-10H2,1-3H3,(H3,21,22,24). The number of hydrogen-bond acceptors (Lipinski definition) is 4. The summed E-state index contributed by atoms with van der Waals surface area (Å²) >= 11 is 0. The van der Waals surface area contributed by atoms with Crippen LogP contribution >= 0.6 is 0 Å². The number of aryl methyl sites for hydroxylation is 1. The number of benzene rings is 2. The Labute approximate surface area is 153 Å². The summed E-state index contributed by atoms with van der Waals surface area (Å²) in [6.07, 6.45) is 0. The number of esters is 1. The van der Waals surface area contributed by atoms with Crippen LogP contribution in [-0.4, -0.2) is 25.2 Å². The molecule has 6 nitrogen and oxygen atoms in total. The van der Waals surface area contributed by atoms with Gasteiger partial charge >= 0.3 is 12.0 Å². The second kappa shape index (κ2) is 8.89. The molecule has 138 valence electrons. The Balaban J connectivity index is 1.83. The highest BCUT2D eigenvalue weighted by molar-refractivity contribution is 5.93. The van der Waals surface area contributed by atoms with E-state index in [4.69, 9.17) is 15.2 Å². The molecule has 3 N–H and O–H groups in total. The van der Waals surface area contributed by atoms with Crippen molar-refractivity contribution < 1.29 is 19.1 Å². The van der Waals surface area contributed by atoms with E-state index in [0.717, 1.165) is 5.75 Å². The number of nitrogens with two attached hydrogens (primary N) is 1. The van der Waals surface area contributed by atoms with Gasteiger partial charge in [-0.15, -0.1) is 0 Å². The van der Waals surface area contributed by atoms with Crippen molar-refractivity contribution in [3.63, 3.8) is 0 Å². The quantitative estimate of drug-likeness (QED) is 0.582. The first kappa shape index (κ1) is 19.3. The second-order valence-corrected chi connectivity index (χ2v) is 6.23. The number of amides is 2. The Kier molecular flexibility index (Phi) is 6.60. The number of carbonyl (C=O) groups excluding carboxylic acids is 2. The summed E-state index contributed by atoms with van der Waals surface area (Å²) in [6, 6.07) is 11.6. The van der Waals surface area contributed by atoms with Gasteiger partial charge in [0.1, 0.15) is 19.0 Å². The minimum absolute atomic E-state index is 0.122. The average molecular weight is 356 g/mol. The monoisotopic (exact) mass is 356 g/mol. The number of primary amides is 1. The Hall–Kier alpha value is -3.02. The van der Waals surface area contributed by atoms with Crippen LogP contribution in [-0.2, 0) is 4.74 Å². The Morgan fingerprint density at radius 1 is 1.12 bits per heavy atom. The third-order valence-corrected chi connectivity index (χ3v) is 3.81. The number of urea groups is 1. The van der Waals surface area contributed by atoms with E-state index in [0.29, 0.717) is 17.2 Å². The number of anilines is 1. The Morgan fingerprint density at radius 2 is 1.88 bits per heavy atom. The molecule has 2 amide bonds. The predicted octanol–water partition coefficient (Wildman–Crippen LogP) is 3.84. The number of ether oxygens (including phenoxy) is 2. The van der Waals surface area contributed by atoms with E-state index in [9.17, 15) is 9.59 Å². The maximum atomic E-state index is 12.0. The number of nitrogens with one attached hydrogen (secondary N) is 1. The highest BCUT2D eigenvalue weighted by atomic mass is 16.6. The summed E-state index contributed by atoms with van der Waals surface area (Å²) < 4.78 is 10.8. The average Bonchev–Trinajstić information content (AvgIpc) is 2.58. The van der Waals surface area contributed by atoms with Crippen LogP contribution in [0.5, 0.6) is 5.75 Å². The second-order valence-electron chi connectivity index (χ2n) is 6.23. The molecule has 2 aromatic rings. The van der Waals surface area contributed by atoms with Crippen molar-refractivity contribution in [3.8, 4) is 5.75 Å².